The molecule has 1 aromatic rings. The molecule has 0 radical (unpaired) electrons. The minimum Gasteiger partial charge on any atom is -0.450 e. The van der Waals surface area contributed by atoms with Crippen LogP contribution in [0.15, 0.2) is 6.07 Å². The van der Waals surface area contributed by atoms with Crippen molar-refractivity contribution in [1.29, 1.82) is 0 Å². The van der Waals surface area contributed by atoms with E-state index in [4.69, 9.17) is 19.9 Å². The van der Waals surface area contributed by atoms with Crippen LogP contribution in [0.25, 0.3) is 0 Å². The van der Waals surface area contributed by atoms with Crippen molar-refractivity contribution in [3.05, 3.63) is 28.6 Å². The first-order valence-electron chi connectivity index (χ1n) is 16.2. The quantitative estimate of drug-likeness (QED) is 0.321. The van der Waals surface area contributed by atoms with Gasteiger partial charge in [0.2, 0.25) is 5.91 Å². The summed E-state index contributed by atoms with van der Waals surface area (Å²) in [6.45, 7) is 11.6. The third-order valence-electron chi connectivity index (χ3n) is 10.2. The van der Waals surface area contributed by atoms with E-state index in [0.717, 1.165) is 19.3 Å². The lowest BCUT2D eigenvalue weighted by molar-refractivity contribution is -0.146. The molecule has 254 valence electrons. The van der Waals surface area contributed by atoms with Crippen LogP contribution < -0.4 is 11.1 Å². The molecule has 1 aromatic heterocycles. The van der Waals surface area contributed by atoms with Crippen molar-refractivity contribution < 1.29 is 37.0 Å². The van der Waals surface area contributed by atoms with Gasteiger partial charge in [0, 0.05) is 56.9 Å². The van der Waals surface area contributed by atoms with Gasteiger partial charge in [0.05, 0.1) is 36.0 Å². The Labute approximate surface area is 265 Å². The number of aromatic nitrogens is 1. The van der Waals surface area contributed by atoms with Crippen molar-refractivity contribution >= 4 is 12.0 Å². The van der Waals surface area contributed by atoms with Crippen LogP contribution in [-0.2, 0) is 38.1 Å². The van der Waals surface area contributed by atoms with E-state index in [1.165, 1.54) is 6.07 Å². The zero-order valence-electron chi connectivity index (χ0n) is 27.6. The second-order valence-corrected chi connectivity index (χ2v) is 14.4. The molecule has 9 nitrogen and oxygen atoms in total. The van der Waals surface area contributed by atoms with E-state index >= 15 is 0 Å². The molecule has 1 saturated carbocycles. The van der Waals surface area contributed by atoms with Crippen LogP contribution in [0.4, 0.5) is 18.0 Å². The number of nitrogens with zero attached hydrogens (tertiary/aromatic N) is 2. The van der Waals surface area contributed by atoms with Crippen molar-refractivity contribution in [1.82, 2.24) is 15.2 Å². The molecule has 3 heterocycles. The molecule has 2 aliphatic heterocycles. The summed E-state index contributed by atoms with van der Waals surface area (Å²) in [4.78, 5) is 31.7. The summed E-state index contributed by atoms with van der Waals surface area (Å²) in [5.41, 5.74) is 4.24. The summed E-state index contributed by atoms with van der Waals surface area (Å²) in [5, 5.41) is 3.74. The topological polar surface area (TPSA) is 116 Å². The van der Waals surface area contributed by atoms with Gasteiger partial charge in [-0.15, -0.1) is 0 Å². The van der Waals surface area contributed by atoms with E-state index in [2.05, 4.69) is 24.1 Å². The highest BCUT2D eigenvalue weighted by atomic mass is 19.4. The Morgan fingerprint density at radius 1 is 1.24 bits per heavy atom. The number of halogens is 3. The predicted molar refractivity (Wildman–Crippen MR) is 163 cm³/mol. The molecule has 12 heteroatoms. The average molecular weight is 641 g/mol. The number of carbonyl (C=O) groups excluding carboxylic acids is 2. The van der Waals surface area contributed by atoms with E-state index in [1.54, 1.807) is 12.0 Å². The van der Waals surface area contributed by atoms with Gasteiger partial charge in [-0.05, 0) is 61.5 Å². The van der Waals surface area contributed by atoms with Crippen molar-refractivity contribution in [3.63, 3.8) is 0 Å². The third-order valence-corrected chi connectivity index (χ3v) is 10.2. The smallest absolute Gasteiger partial charge is 0.418 e. The Morgan fingerprint density at radius 2 is 1.98 bits per heavy atom. The Hall–Kier alpha value is -2.44. The number of carbonyl (C=O) groups is 2. The van der Waals surface area contributed by atoms with E-state index in [1.807, 2.05) is 20.8 Å². The molecule has 1 saturated heterocycles. The Balaban J connectivity index is 1.56. The molecule has 0 aromatic carbocycles. The van der Waals surface area contributed by atoms with E-state index < -0.39 is 34.6 Å². The number of rotatable bonds is 10. The number of pyridine rings is 1. The molecule has 3 aliphatic rings. The second kappa shape index (κ2) is 14.1. The number of hydrogen-bond acceptors (Lipinski definition) is 7. The third kappa shape index (κ3) is 8.11. The minimum absolute atomic E-state index is 0.0124. The maximum atomic E-state index is 14.6. The predicted octanol–water partition coefficient (Wildman–Crippen LogP) is 5.58. The van der Waals surface area contributed by atoms with Crippen molar-refractivity contribution in [3.8, 4) is 0 Å². The monoisotopic (exact) mass is 640 g/mol. The lowest BCUT2D eigenvalue weighted by atomic mass is 9.73. The number of amides is 2. The van der Waals surface area contributed by atoms with Crippen molar-refractivity contribution in [2.45, 2.75) is 116 Å². The highest BCUT2D eigenvalue weighted by Gasteiger charge is 2.50. The number of primary amides is 1. The van der Waals surface area contributed by atoms with Gasteiger partial charge in [0.25, 0.3) is 0 Å². The zero-order chi connectivity index (χ0) is 33.2. The van der Waals surface area contributed by atoms with Crippen LogP contribution in [0, 0.1) is 16.7 Å². The van der Waals surface area contributed by atoms with Crippen LogP contribution in [0.3, 0.4) is 0 Å². The maximum Gasteiger partial charge on any atom is 0.418 e. The lowest BCUT2D eigenvalue weighted by Gasteiger charge is -2.40. The molecular weight excluding hydrogens is 589 g/mol. The zero-order valence-corrected chi connectivity index (χ0v) is 27.6. The number of methoxy groups -OCH3 is 1. The van der Waals surface area contributed by atoms with E-state index in [-0.39, 0.29) is 48.9 Å². The van der Waals surface area contributed by atoms with Gasteiger partial charge in [0.15, 0.2) is 0 Å². The standard InChI is InChI=1S/C33H51F3N4O5/c1-20(2)32(12-9-22(17-32)38-26-11-15-44-19-27(26)43-6)29(41)40-13-10-25-21(18-40)16-24(33(34,35)36)28(39-25)23(31(3,4)5)8-7-14-45-30(37)42/h16,20,22-23,26-27,38H,7-15,17-19H2,1-6H3,(H2,37,42)/t22-,23?,26+,27-,32+/m1/s1. The Morgan fingerprint density at radius 3 is 2.60 bits per heavy atom. The number of nitrogens with two attached hydrogens (primary N) is 1. The highest BCUT2D eigenvalue weighted by molar-refractivity contribution is 5.84. The van der Waals surface area contributed by atoms with Crippen molar-refractivity contribution in [2.24, 2.45) is 22.5 Å². The second-order valence-electron chi connectivity index (χ2n) is 14.4. The highest BCUT2D eigenvalue weighted by Crippen LogP contribution is 2.48. The van der Waals surface area contributed by atoms with E-state index in [0.29, 0.717) is 56.7 Å². The summed E-state index contributed by atoms with van der Waals surface area (Å²) in [7, 11) is 1.69. The number of nitrogens with one attached hydrogen (secondary N) is 1. The fourth-order valence-electron chi connectivity index (χ4n) is 7.53. The molecular formula is C33H51F3N4O5. The molecule has 45 heavy (non-hydrogen) atoms. The van der Waals surface area contributed by atoms with Gasteiger partial charge in [0.1, 0.15) is 0 Å². The molecule has 5 atom stereocenters. The van der Waals surface area contributed by atoms with Crippen molar-refractivity contribution in [2.75, 3.05) is 33.5 Å². The number of alkyl halides is 3. The summed E-state index contributed by atoms with van der Waals surface area (Å²) in [6.07, 6.45) is -1.38. The maximum absolute atomic E-state index is 14.6. The fourth-order valence-corrected chi connectivity index (χ4v) is 7.53. The Bertz CT molecular complexity index is 1200. The average Bonchev–Trinajstić information content (AvgIpc) is 3.40. The summed E-state index contributed by atoms with van der Waals surface area (Å²) in [5.74, 6) is -0.443. The van der Waals surface area contributed by atoms with Crippen LogP contribution in [-0.4, -0.2) is 73.5 Å². The number of hydrogen-bond donors (Lipinski definition) is 2. The molecule has 1 aliphatic carbocycles. The molecule has 0 spiro atoms. The van der Waals surface area contributed by atoms with Gasteiger partial charge < -0.3 is 30.2 Å². The summed E-state index contributed by atoms with van der Waals surface area (Å²) >= 11 is 0. The van der Waals surface area contributed by atoms with Gasteiger partial charge in [-0.3, -0.25) is 9.78 Å². The largest absolute Gasteiger partial charge is 0.450 e. The summed E-state index contributed by atoms with van der Waals surface area (Å²) in [6, 6.07) is 1.52. The molecule has 3 N–H and O–H groups in total. The van der Waals surface area contributed by atoms with Crippen LogP contribution in [0.5, 0.6) is 0 Å². The summed E-state index contributed by atoms with van der Waals surface area (Å²) < 4.78 is 59.8. The SMILES string of the molecule is CO[C@@H]1COCC[C@@H]1N[C@@H]1CC[C@@](C(=O)N2CCc3nc(C(CCCOC(N)=O)C(C)(C)C)c(C(F)(F)F)cc3C2)(C(C)C)C1. The minimum atomic E-state index is -4.62. The first-order chi connectivity index (χ1) is 21.1. The molecule has 2 amide bonds. The van der Waals surface area contributed by atoms with Crippen LogP contribution in [0.1, 0.15) is 102 Å². The van der Waals surface area contributed by atoms with Gasteiger partial charge in [-0.25, -0.2) is 4.79 Å². The molecule has 0 bridgehead atoms. The fraction of sp³-hybridized carbons (Fsp3) is 0.788. The molecule has 1 unspecified atom stereocenters. The van der Waals surface area contributed by atoms with E-state index in [9.17, 15) is 22.8 Å². The van der Waals surface area contributed by atoms with Crippen LogP contribution >= 0.6 is 0 Å². The first kappa shape index (κ1) is 35.4. The molecule has 4 rings (SSSR count). The number of ether oxygens (including phenoxy) is 3. The normalized spacial score (nSPS) is 26.5. The lowest BCUT2D eigenvalue weighted by Crippen LogP contribution is -2.52. The number of fused-ring (bicyclic) bond motifs is 1. The van der Waals surface area contributed by atoms with Gasteiger partial charge >= 0.3 is 12.3 Å². The van der Waals surface area contributed by atoms with Gasteiger partial charge in [-0.1, -0.05) is 34.6 Å². The Kier molecular flexibility index (Phi) is 11.1. The van der Waals surface area contributed by atoms with Gasteiger partial charge in [-0.2, -0.15) is 13.2 Å². The molecule has 2 fully saturated rings. The first-order valence-corrected chi connectivity index (χ1v) is 16.2. The van der Waals surface area contributed by atoms with Crippen LogP contribution in [0.2, 0.25) is 0 Å².